The van der Waals surface area contributed by atoms with E-state index in [9.17, 15) is 14.4 Å². The Morgan fingerprint density at radius 1 is 1.16 bits per heavy atom. The summed E-state index contributed by atoms with van der Waals surface area (Å²) in [5, 5.41) is 1.19. The molecule has 170 valence electrons. The van der Waals surface area contributed by atoms with E-state index >= 15 is 0 Å². The van der Waals surface area contributed by atoms with Gasteiger partial charge < -0.3 is 9.64 Å². The largest absolute Gasteiger partial charge is 0.442 e. The maximum Gasteiger partial charge on any atom is 0.429 e. The van der Waals surface area contributed by atoms with Crippen molar-refractivity contribution >= 4 is 17.9 Å². The summed E-state index contributed by atoms with van der Waals surface area (Å²) in [4.78, 5) is 40.2. The lowest BCUT2D eigenvalue weighted by atomic mass is 9.98. The van der Waals surface area contributed by atoms with E-state index in [-0.39, 0.29) is 30.3 Å². The number of carbonyl (C=O) groups is 3. The van der Waals surface area contributed by atoms with Crippen LogP contribution in [0.15, 0.2) is 42.5 Å². The number of nitrogens with one attached hydrogen (secondary N) is 1. The molecule has 1 aliphatic heterocycles. The molecule has 0 spiro atoms. The fraction of sp³-hybridized carbons (Fsp3) is 0.542. The summed E-state index contributed by atoms with van der Waals surface area (Å²) in [6.07, 6.45) is 3.82. The third kappa shape index (κ3) is 7.42. The summed E-state index contributed by atoms with van der Waals surface area (Å²) >= 11 is 0. The van der Waals surface area contributed by atoms with Crippen molar-refractivity contribution in [2.45, 2.75) is 59.6 Å². The van der Waals surface area contributed by atoms with Crippen LogP contribution in [-0.4, -0.2) is 52.5 Å². The summed E-state index contributed by atoms with van der Waals surface area (Å²) in [7, 11) is 0. The van der Waals surface area contributed by atoms with Gasteiger partial charge in [-0.15, -0.1) is 0 Å². The second-order valence-corrected chi connectivity index (χ2v) is 9.42. The minimum Gasteiger partial charge on any atom is -0.442 e. The number of benzene rings is 1. The normalized spacial score (nSPS) is 16.9. The molecule has 2 rings (SSSR count). The van der Waals surface area contributed by atoms with Crippen LogP contribution in [0.4, 0.5) is 4.79 Å². The van der Waals surface area contributed by atoms with Gasteiger partial charge >= 0.3 is 6.09 Å². The van der Waals surface area contributed by atoms with Gasteiger partial charge in [0.1, 0.15) is 5.60 Å². The van der Waals surface area contributed by atoms with Gasteiger partial charge in [0.15, 0.2) is 0 Å². The first kappa shape index (κ1) is 24.4. The number of ether oxygens (including phenoxy) is 1. The average Bonchev–Trinajstić information content (AvgIpc) is 3.13. The van der Waals surface area contributed by atoms with Gasteiger partial charge in [-0.25, -0.2) is 9.80 Å². The van der Waals surface area contributed by atoms with Gasteiger partial charge in [0.05, 0.1) is 12.6 Å². The molecule has 1 aromatic carbocycles. The van der Waals surface area contributed by atoms with Gasteiger partial charge in [-0.05, 0) is 45.2 Å². The summed E-state index contributed by atoms with van der Waals surface area (Å²) < 4.78 is 5.50. The van der Waals surface area contributed by atoms with Gasteiger partial charge in [-0.2, -0.15) is 0 Å². The van der Waals surface area contributed by atoms with E-state index in [1.165, 1.54) is 5.01 Å². The zero-order valence-corrected chi connectivity index (χ0v) is 19.4. The van der Waals surface area contributed by atoms with Crippen LogP contribution in [0.2, 0.25) is 0 Å². The van der Waals surface area contributed by atoms with Gasteiger partial charge in [0.2, 0.25) is 5.91 Å². The van der Waals surface area contributed by atoms with Crippen molar-refractivity contribution in [3.05, 3.63) is 48.0 Å². The van der Waals surface area contributed by atoms with Gasteiger partial charge in [-0.1, -0.05) is 51.1 Å². The van der Waals surface area contributed by atoms with Gasteiger partial charge in [0.25, 0.3) is 5.91 Å². The highest BCUT2D eigenvalue weighted by Crippen LogP contribution is 2.18. The minimum atomic E-state index is -0.714. The number of hydrogen-bond acceptors (Lipinski definition) is 4. The lowest BCUT2D eigenvalue weighted by Gasteiger charge is -2.33. The molecule has 2 atom stereocenters. The predicted octanol–water partition coefficient (Wildman–Crippen LogP) is 4.02. The molecule has 0 radical (unpaired) electrons. The van der Waals surface area contributed by atoms with E-state index < -0.39 is 11.7 Å². The number of amides is 3. The Kier molecular flexibility index (Phi) is 8.25. The first-order valence-corrected chi connectivity index (χ1v) is 10.8. The molecule has 1 N–H and O–H groups in total. The van der Waals surface area contributed by atoms with Crippen LogP contribution in [0.3, 0.4) is 0 Å². The Bertz CT molecular complexity index is 799. The molecular weight excluding hydrogens is 394 g/mol. The van der Waals surface area contributed by atoms with Crippen molar-refractivity contribution in [3.8, 4) is 0 Å². The molecule has 0 aliphatic carbocycles. The van der Waals surface area contributed by atoms with E-state index in [0.29, 0.717) is 24.4 Å². The van der Waals surface area contributed by atoms with E-state index in [1.54, 1.807) is 37.8 Å². The highest BCUT2D eigenvalue weighted by atomic mass is 16.6. The zero-order chi connectivity index (χ0) is 23.2. The summed E-state index contributed by atoms with van der Waals surface area (Å²) in [5.74, 6) is -0.277. The number of hydrogen-bond donors (Lipinski definition) is 1. The number of rotatable bonds is 6. The molecule has 7 nitrogen and oxygen atoms in total. The maximum atomic E-state index is 13.0. The molecule has 3 amide bonds. The monoisotopic (exact) mass is 429 g/mol. The van der Waals surface area contributed by atoms with E-state index in [4.69, 9.17) is 4.74 Å². The summed E-state index contributed by atoms with van der Waals surface area (Å²) in [5.41, 5.74) is 2.58. The lowest BCUT2D eigenvalue weighted by Crippen LogP contribution is -2.54. The van der Waals surface area contributed by atoms with Crippen LogP contribution < -0.4 is 5.43 Å². The number of hydrazine groups is 1. The Labute approximate surface area is 185 Å². The molecular formula is C24H35N3O4. The highest BCUT2D eigenvalue weighted by Gasteiger charge is 2.32. The van der Waals surface area contributed by atoms with Crippen LogP contribution in [0, 0.1) is 11.8 Å². The third-order valence-electron chi connectivity index (χ3n) is 4.84. The second kappa shape index (κ2) is 10.5. The van der Waals surface area contributed by atoms with E-state index in [2.05, 4.69) is 5.43 Å². The molecule has 0 saturated carbocycles. The molecule has 1 heterocycles. The third-order valence-corrected chi connectivity index (χ3v) is 4.84. The smallest absolute Gasteiger partial charge is 0.429 e. The fourth-order valence-corrected chi connectivity index (χ4v) is 3.44. The fourth-order valence-electron chi connectivity index (χ4n) is 3.44. The van der Waals surface area contributed by atoms with E-state index in [1.807, 2.05) is 51.1 Å². The Morgan fingerprint density at radius 3 is 2.39 bits per heavy atom. The SMILES string of the molecule is CC(C)C[C@H](C)C(=O)NN(C[C@@H]1C=CCN1C(=O)c1ccccc1)C(=O)OC(C)(C)C. The second-order valence-electron chi connectivity index (χ2n) is 9.42. The Morgan fingerprint density at radius 2 is 1.81 bits per heavy atom. The quantitative estimate of drug-likeness (QED) is 0.547. The van der Waals surface area contributed by atoms with Crippen molar-refractivity contribution < 1.29 is 19.1 Å². The van der Waals surface area contributed by atoms with Crippen LogP contribution in [0.1, 0.15) is 58.3 Å². The summed E-state index contributed by atoms with van der Waals surface area (Å²) in [6, 6.07) is 8.64. The molecule has 31 heavy (non-hydrogen) atoms. The van der Waals surface area contributed by atoms with Crippen LogP contribution >= 0.6 is 0 Å². The molecule has 0 unspecified atom stereocenters. The van der Waals surface area contributed by atoms with Crippen molar-refractivity contribution in [3.63, 3.8) is 0 Å². The highest BCUT2D eigenvalue weighted by molar-refractivity contribution is 5.95. The molecule has 0 aromatic heterocycles. The Balaban J connectivity index is 2.16. The van der Waals surface area contributed by atoms with Gasteiger partial charge in [-0.3, -0.25) is 15.0 Å². The van der Waals surface area contributed by atoms with Crippen LogP contribution in [0.25, 0.3) is 0 Å². The first-order valence-electron chi connectivity index (χ1n) is 10.8. The molecule has 0 saturated heterocycles. The first-order chi connectivity index (χ1) is 14.5. The van der Waals surface area contributed by atoms with Crippen molar-refractivity contribution in [2.75, 3.05) is 13.1 Å². The summed E-state index contributed by atoms with van der Waals surface area (Å²) in [6.45, 7) is 11.8. The molecule has 1 aromatic rings. The number of nitrogens with zero attached hydrogens (tertiary/aromatic N) is 2. The van der Waals surface area contributed by atoms with E-state index in [0.717, 1.165) is 0 Å². The van der Waals surface area contributed by atoms with Crippen molar-refractivity contribution in [2.24, 2.45) is 11.8 Å². The standard InChI is InChI=1S/C24H35N3O4/c1-17(2)15-18(3)21(28)25-27(23(30)31-24(4,5)6)16-20-13-10-14-26(20)22(29)19-11-8-7-9-12-19/h7-13,17-18,20H,14-16H2,1-6H3,(H,25,28)/t18-,20-/m0/s1. The van der Waals surface area contributed by atoms with Crippen molar-refractivity contribution in [1.82, 2.24) is 15.3 Å². The molecule has 1 aliphatic rings. The predicted molar refractivity (Wildman–Crippen MR) is 120 cm³/mol. The lowest BCUT2D eigenvalue weighted by molar-refractivity contribution is -0.130. The Hall–Kier alpha value is -2.83. The average molecular weight is 430 g/mol. The minimum absolute atomic E-state index is 0.101. The molecule has 7 heteroatoms. The van der Waals surface area contributed by atoms with Crippen LogP contribution in [-0.2, 0) is 9.53 Å². The molecule has 0 bridgehead atoms. The van der Waals surface area contributed by atoms with Gasteiger partial charge in [0, 0.05) is 18.0 Å². The van der Waals surface area contributed by atoms with Crippen LogP contribution in [0.5, 0.6) is 0 Å². The maximum absolute atomic E-state index is 13.0. The topological polar surface area (TPSA) is 79.0 Å². The molecule has 0 fully saturated rings. The van der Waals surface area contributed by atoms with Crippen molar-refractivity contribution in [1.29, 1.82) is 0 Å². The number of carbonyl (C=O) groups excluding carboxylic acids is 3. The zero-order valence-electron chi connectivity index (χ0n) is 19.4.